The van der Waals surface area contributed by atoms with Crippen molar-refractivity contribution in [2.75, 3.05) is 0 Å². The van der Waals surface area contributed by atoms with Crippen molar-refractivity contribution in [1.82, 2.24) is 0 Å². The molecule has 1 fully saturated rings. The van der Waals surface area contributed by atoms with E-state index in [4.69, 9.17) is 0 Å². The third-order valence-electron chi connectivity index (χ3n) is 3.51. The van der Waals surface area contributed by atoms with E-state index in [1.54, 1.807) is 12.1 Å². The highest BCUT2D eigenvalue weighted by Crippen LogP contribution is 2.46. The summed E-state index contributed by atoms with van der Waals surface area (Å²) < 4.78 is 0. The van der Waals surface area contributed by atoms with Gasteiger partial charge in [-0.15, -0.1) is 0 Å². The molecule has 0 aromatic rings. The summed E-state index contributed by atoms with van der Waals surface area (Å²) in [4.78, 5) is 0. The molecule has 0 unspecified atom stereocenters. The predicted molar refractivity (Wildman–Crippen MR) is 52.5 cm³/mol. The molecule has 2 aliphatic rings. The first-order chi connectivity index (χ1) is 5.37. The van der Waals surface area contributed by atoms with Gasteiger partial charge in [0.1, 0.15) is 0 Å². The van der Waals surface area contributed by atoms with Crippen LogP contribution in [0.1, 0.15) is 13.3 Å². The van der Waals surface area contributed by atoms with Gasteiger partial charge in [-0.25, -0.2) is 0 Å². The Morgan fingerprint density at radius 1 is 1.27 bits per heavy atom. The minimum atomic E-state index is -0.757. The standard InChI is InChI=1S/C10H16Si/c1-2-11(8-5-9-11)10-6-3-4-7-10/h3-4,6-7,10H,2,5,8-9H2,1H3. The quantitative estimate of drug-likeness (QED) is 0.549. The summed E-state index contributed by atoms with van der Waals surface area (Å²) in [5, 5.41) is 0. The van der Waals surface area contributed by atoms with Gasteiger partial charge in [0, 0.05) is 0 Å². The van der Waals surface area contributed by atoms with E-state index in [2.05, 4.69) is 31.2 Å². The minimum Gasteiger partial charge on any atom is -0.0803 e. The lowest BCUT2D eigenvalue weighted by atomic mass is 10.4. The molecule has 0 aromatic heterocycles. The summed E-state index contributed by atoms with van der Waals surface area (Å²) in [5.74, 6) is 0. The summed E-state index contributed by atoms with van der Waals surface area (Å²) in [7, 11) is -0.757. The first-order valence-electron chi connectivity index (χ1n) is 4.72. The van der Waals surface area contributed by atoms with Crippen LogP contribution in [0.15, 0.2) is 24.3 Å². The molecular formula is C10H16Si. The molecular weight excluding hydrogens is 148 g/mol. The summed E-state index contributed by atoms with van der Waals surface area (Å²) in [5.41, 5.74) is 0.904. The van der Waals surface area contributed by atoms with E-state index < -0.39 is 8.07 Å². The van der Waals surface area contributed by atoms with E-state index in [0.717, 1.165) is 5.54 Å². The molecule has 1 heterocycles. The number of hydrogen-bond donors (Lipinski definition) is 0. The second-order valence-corrected chi connectivity index (χ2v) is 8.96. The maximum absolute atomic E-state index is 2.43. The summed E-state index contributed by atoms with van der Waals surface area (Å²) in [6.07, 6.45) is 10.8. The molecule has 0 bridgehead atoms. The molecule has 0 radical (unpaired) electrons. The zero-order valence-electron chi connectivity index (χ0n) is 7.22. The Morgan fingerprint density at radius 3 is 2.27 bits per heavy atom. The third-order valence-corrected chi connectivity index (χ3v) is 9.41. The molecule has 1 heteroatoms. The zero-order valence-corrected chi connectivity index (χ0v) is 8.22. The molecule has 0 aromatic carbocycles. The lowest BCUT2D eigenvalue weighted by Crippen LogP contribution is -2.43. The Kier molecular flexibility index (Phi) is 1.76. The van der Waals surface area contributed by atoms with Gasteiger partial charge < -0.3 is 0 Å². The molecule has 1 aliphatic carbocycles. The molecule has 0 nitrogen and oxygen atoms in total. The van der Waals surface area contributed by atoms with Crippen LogP contribution in [-0.4, -0.2) is 8.07 Å². The molecule has 11 heavy (non-hydrogen) atoms. The lowest BCUT2D eigenvalue weighted by molar-refractivity contribution is 0.850. The summed E-state index contributed by atoms with van der Waals surface area (Å²) in [6, 6.07) is 4.66. The molecule has 0 amide bonds. The Morgan fingerprint density at radius 2 is 1.91 bits per heavy atom. The molecule has 0 N–H and O–H groups in total. The first-order valence-corrected chi connectivity index (χ1v) is 7.42. The maximum Gasteiger partial charge on any atom is 0.0646 e. The number of rotatable bonds is 2. The number of allylic oxidation sites excluding steroid dienone is 4. The van der Waals surface area contributed by atoms with Gasteiger partial charge in [-0.3, -0.25) is 0 Å². The van der Waals surface area contributed by atoms with Crippen molar-refractivity contribution in [1.29, 1.82) is 0 Å². The van der Waals surface area contributed by atoms with Gasteiger partial charge in [-0.1, -0.05) is 55.8 Å². The molecule has 0 atom stereocenters. The SMILES string of the molecule is CC[Si]1(C2C=CC=C2)CCC1. The second kappa shape index (κ2) is 2.63. The van der Waals surface area contributed by atoms with Crippen molar-refractivity contribution in [3.63, 3.8) is 0 Å². The molecule has 0 saturated carbocycles. The van der Waals surface area contributed by atoms with E-state index in [1.165, 1.54) is 12.5 Å². The average molecular weight is 164 g/mol. The van der Waals surface area contributed by atoms with Crippen molar-refractivity contribution in [3.8, 4) is 0 Å². The van der Waals surface area contributed by atoms with Gasteiger partial charge in [0.2, 0.25) is 0 Å². The van der Waals surface area contributed by atoms with Crippen molar-refractivity contribution in [3.05, 3.63) is 24.3 Å². The Bertz CT molecular complexity index is 181. The van der Waals surface area contributed by atoms with Crippen LogP contribution >= 0.6 is 0 Å². The van der Waals surface area contributed by atoms with Gasteiger partial charge in [0.05, 0.1) is 8.07 Å². The molecule has 60 valence electrons. The fourth-order valence-corrected chi connectivity index (χ4v) is 6.54. The van der Waals surface area contributed by atoms with Gasteiger partial charge in [-0.05, 0) is 5.54 Å². The number of hydrogen-bond acceptors (Lipinski definition) is 0. The third kappa shape index (κ3) is 1.02. The largest absolute Gasteiger partial charge is 0.0803 e. The van der Waals surface area contributed by atoms with Crippen LogP contribution in [0.25, 0.3) is 0 Å². The lowest BCUT2D eigenvalue weighted by Gasteiger charge is -2.42. The second-order valence-electron chi connectivity index (χ2n) is 3.87. The summed E-state index contributed by atoms with van der Waals surface area (Å²) in [6.45, 7) is 2.39. The maximum atomic E-state index is 2.43. The monoisotopic (exact) mass is 164 g/mol. The van der Waals surface area contributed by atoms with Crippen LogP contribution < -0.4 is 0 Å². The normalized spacial score (nSPS) is 27.4. The van der Waals surface area contributed by atoms with E-state index in [9.17, 15) is 0 Å². The summed E-state index contributed by atoms with van der Waals surface area (Å²) >= 11 is 0. The zero-order chi connectivity index (χ0) is 7.73. The van der Waals surface area contributed by atoms with Gasteiger partial charge in [0.25, 0.3) is 0 Å². The molecule has 1 aliphatic heterocycles. The van der Waals surface area contributed by atoms with Gasteiger partial charge >= 0.3 is 0 Å². The van der Waals surface area contributed by atoms with Crippen LogP contribution in [0.4, 0.5) is 0 Å². The van der Waals surface area contributed by atoms with E-state index in [0.29, 0.717) is 0 Å². The average Bonchev–Trinajstić information content (AvgIpc) is 2.39. The highest BCUT2D eigenvalue weighted by Gasteiger charge is 2.42. The van der Waals surface area contributed by atoms with Gasteiger partial charge in [-0.2, -0.15) is 0 Å². The van der Waals surface area contributed by atoms with Crippen LogP contribution in [0, 0.1) is 0 Å². The van der Waals surface area contributed by atoms with Crippen LogP contribution in [0.5, 0.6) is 0 Å². The molecule has 0 spiro atoms. The van der Waals surface area contributed by atoms with Crippen molar-refractivity contribution in [2.24, 2.45) is 0 Å². The highest BCUT2D eigenvalue weighted by atomic mass is 28.3. The molecule has 2 rings (SSSR count). The smallest absolute Gasteiger partial charge is 0.0646 e. The Balaban J connectivity index is 2.11. The van der Waals surface area contributed by atoms with Gasteiger partial charge in [0.15, 0.2) is 0 Å². The van der Waals surface area contributed by atoms with Crippen LogP contribution in [0.2, 0.25) is 23.7 Å². The predicted octanol–water partition coefficient (Wildman–Crippen LogP) is 3.36. The van der Waals surface area contributed by atoms with E-state index in [1.807, 2.05) is 0 Å². The fourth-order valence-electron chi connectivity index (χ4n) is 2.39. The first kappa shape index (κ1) is 7.35. The van der Waals surface area contributed by atoms with Crippen molar-refractivity contribution in [2.45, 2.75) is 37.0 Å². The van der Waals surface area contributed by atoms with E-state index in [-0.39, 0.29) is 0 Å². The fraction of sp³-hybridized carbons (Fsp3) is 0.600. The Labute approximate surface area is 70.0 Å². The highest BCUT2D eigenvalue weighted by molar-refractivity contribution is 6.84. The van der Waals surface area contributed by atoms with Crippen molar-refractivity contribution < 1.29 is 0 Å². The van der Waals surface area contributed by atoms with E-state index >= 15 is 0 Å². The minimum absolute atomic E-state index is 0.757. The van der Waals surface area contributed by atoms with Crippen LogP contribution in [0.3, 0.4) is 0 Å². The molecule has 1 saturated heterocycles. The Hall–Kier alpha value is -0.303. The van der Waals surface area contributed by atoms with Crippen molar-refractivity contribution >= 4 is 8.07 Å². The topological polar surface area (TPSA) is 0 Å². The van der Waals surface area contributed by atoms with Crippen LogP contribution in [-0.2, 0) is 0 Å².